The first-order valence-electron chi connectivity index (χ1n) is 8.90. The van der Waals surface area contributed by atoms with Gasteiger partial charge in [-0.05, 0) is 45.2 Å². The molecule has 0 heterocycles. The van der Waals surface area contributed by atoms with Gasteiger partial charge in [0.05, 0.1) is 0 Å². The van der Waals surface area contributed by atoms with Gasteiger partial charge in [0.1, 0.15) is 11.6 Å². The lowest BCUT2D eigenvalue weighted by molar-refractivity contribution is -0.114. The van der Waals surface area contributed by atoms with Gasteiger partial charge < -0.3 is 4.79 Å². The molecule has 0 atom stereocenters. The van der Waals surface area contributed by atoms with Crippen molar-refractivity contribution in [3.05, 3.63) is 35.1 Å². The van der Waals surface area contributed by atoms with Gasteiger partial charge in [-0.2, -0.15) is 0 Å². The molecule has 0 bridgehead atoms. The molecule has 138 valence electrons. The summed E-state index contributed by atoms with van der Waals surface area (Å²) in [6, 6.07) is 5.09. The van der Waals surface area contributed by atoms with Crippen LogP contribution in [0.15, 0.2) is 18.2 Å². The summed E-state index contributed by atoms with van der Waals surface area (Å²) in [5.74, 6) is 0.940. The van der Waals surface area contributed by atoms with E-state index in [1.807, 2.05) is 40.7 Å². The molecule has 0 aromatic heterocycles. The van der Waals surface area contributed by atoms with Crippen LogP contribution in [-0.2, 0) is 4.79 Å². The Bertz CT molecular complexity index is 353. The summed E-state index contributed by atoms with van der Waals surface area (Å²) in [5, 5.41) is 0. The summed E-state index contributed by atoms with van der Waals surface area (Å²) >= 11 is 0. The van der Waals surface area contributed by atoms with Crippen molar-refractivity contribution < 1.29 is 9.18 Å². The molecule has 1 rings (SSSR count). The highest BCUT2D eigenvalue weighted by Crippen LogP contribution is 2.07. The third kappa shape index (κ3) is 33.6. The zero-order chi connectivity index (χ0) is 19.4. The second-order valence-corrected chi connectivity index (χ2v) is 5.34. The molecule has 23 heavy (non-hydrogen) atoms. The van der Waals surface area contributed by atoms with Gasteiger partial charge >= 0.3 is 0 Å². The van der Waals surface area contributed by atoms with Crippen LogP contribution in [0, 0.1) is 25.6 Å². The second-order valence-electron chi connectivity index (χ2n) is 5.34. The zero-order valence-electron chi connectivity index (χ0n) is 17.5. The van der Waals surface area contributed by atoms with Gasteiger partial charge in [-0.3, -0.25) is 0 Å². The topological polar surface area (TPSA) is 17.1 Å². The minimum Gasteiger partial charge on any atom is -0.300 e. The third-order valence-corrected chi connectivity index (χ3v) is 2.18. The Kier molecular flexibility index (Phi) is 29.9. The highest BCUT2D eigenvalue weighted by molar-refractivity contribution is 5.72. The Hall–Kier alpha value is -1.18. The molecule has 0 saturated heterocycles. The molecule has 1 aromatic rings. The van der Waals surface area contributed by atoms with Crippen LogP contribution in [0.4, 0.5) is 4.39 Å². The van der Waals surface area contributed by atoms with Crippen LogP contribution in [0.2, 0.25) is 0 Å². The van der Waals surface area contributed by atoms with E-state index in [4.69, 9.17) is 0 Å². The van der Waals surface area contributed by atoms with Crippen molar-refractivity contribution in [1.29, 1.82) is 0 Å². The smallest absolute Gasteiger partial charge is 0.126 e. The number of halogens is 1. The van der Waals surface area contributed by atoms with Crippen LogP contribution in [0.25, 0.3) is 0 Å². The van der Waals surface area contributed by atoms with E-state index >= 15 is 0 Å². The summed E-state index contributed by atoms with van der Waals surface area (Å²) in [6.45, 7) is 21.5. The number of hydrogen-bond acceptors (Lipinski definition) is 1. The van der Waals surface area contributed by atoms with E-state index in [0.717, 1.165) is 17.0 Å². The third-order valence-electron chi connectivity index (χ3n) is 2.18. The summed E-state index contributed by atoms with van der Waals surface area (Å²) in [4.78, 5) is 9.44. The molecule has 1 nitrogen and oxygen atoms in total. The number of carbonyl (C=O) groups is 1. The van der Waals surface area contributed by atoms with E-state index in [0.29, 0.717) is 0 Å². The van der Waals surface area contributed by atoms with Crippen molar-refractivity contribution in [2.75, 3.05) is 0 Å². The Balaban J connectivity index is -0.000000113. The molecular formula is C21H41FO. The van der Waals surface area contributed by atoms with Crippen LogP contribution >= 0.6 is 0 Å². The molecule has 0 N–H and O–H groups in total. The van der Waals surface area contributed by atoms with Crippen molar-refractivity contribution in [2.45, 2.75) is 89.0 Å². The molecular weight excluding hydrogens is 287 g/mol. The summed E-state index contributed by atoms with van der Waals surface area (Å²) in [5.41, 5.74) is 1.82. The molecule has 0 amide bonds. The molecule has 0 saturated carbocycles. The molecule has 0 aliphatic heterocycles. The highest BCUT2D eigenvalue weighted by atomic mass is 19.1. The maximum atomic E-state index is 12.5. The van der Waals surface area contributed by atoms with Gasteiger partial charge in [-0.25, -0.2) is 4.39 Å². The van der Waals surface area contributed by atoms with Crippen molar-refractivity contribution >= 4 is 5.78 Å². The van der Waals surface area contributed by atoms with Crippen molar-refractivity contribution in [1.82, 2.24) is 0 Å². The van der Waals surface area contributed by atoms with E-state index in [2.05, 4.69) is 20.8 Å². The summed E-state index contributed by atoms with van der Waals surface area (Å²) in [6.07, 6.45) is 2.71. The predicted octanol–water partition coefficient (Wildman–Crippen LogP) is 7.53. The largest absolute Gasteiger partial charge is 0.300 e. The Labute approximate surface area is 145 Å². The Morgan fingerprint density at radius 3 is 1.61 bits per heavy atom. The average molecular weight is 329 g/mol. The molecule has 0 fully saturated rings. The van der Waals surface area contributed by atoms with Gasteiger partial charge in [-0.1, -0.05) is 79.0 Å². The maximum Gasteiger partial charge on any atom is 0.126 e. The molecule has 0 spiro atoms. The summed E-state index contributed by atoms with van der Waals surface area (Å²) in [7, 11) is 0. The lowest BCUT2D eigenvalue weighted by Crippen LogP contribution is -1.81. The zero-order valence-corrected chi connectivity index (χ0v) is 17.5. The Morgan fingerprint density at radius 2 is 1.43 bits per heavy atom. The second kappa shape index (κ2) is 23.1. The Morgan fingerprint density at radius 1 is 1.04 bits per heavy atom. The molecule has 2 heteroatoms. The number of benzene rings is 1. The fraction of sp³-hybridized carbons (Fsp3) is 0.667. The normalized spacial score (nSPS) is 8.04. The molecule has 0 radical (unpaired) electrons. The van der Waals surface area contributed by atoms with Crippen LogP contribution in [0.3, 0.4) is 0 Å². The number of ketones is 1. The minimum atomic E-state index is -0.124. The fourth-order valence-corrected chi connectivity index (χ4v) is 1.37. The monoisotopic (exact) mass is 328 g/mol. The number of aryl methyl sites for hydroxylation is 2. The van der Waals surface area contributed by atoms with Crippen LogP contribution in [0.1, 0.15) is 86.3 Å². The van der Waals surface area contributed by atoms with Crippen LogP contribution < -0.4 is 0 Å². The van der Waals surface area contributed by atoms with Gasteiger partial charge in [0.15, 0.2) is 0 Å². The molecule has 1 aromatic carbocycles. The SMILES string of the molecule is CC.CC.CC(C)=O.CCCC(C)C.Cc1ccc(F)c(C)c1. The standard InChI is InChI=1S/C8H9F.C6H14.C3H6O.2C2H6/c1-6-3-4-8(9)7(2)5-6;1-4-5-6(2)3;1-3(2)4;2*1-2/h3-5H,1-2H3;6H,4-5H2,1-3H3;1-2H3;2*1-2H3. The van der Waals surface area contributed by atoms with Crippen LogP contribution in [-0.4, -0.2) is 5.78 Å². The quantitative estimate of drug-likeness (QED) is 0.548. The fourth-order valence-electron chi connectivity index (χ4n) is 1.37. The van der Waals surface area contributed by atoms with Crippen molar-refractivity contribution in [2.24, 2.45) is 5.92 Å². The summed E-state index contributed by atoms with van der Waals surface area (Å²) < 4.78 is 12.5. The van der Waals surface area contributed by atoms with E-state index in [1.54, 1.807) is 13.0 Å². The van der Waals surface area contributed by atoms with Crippen LogP contribution in [0.5, 0.6) is 0 Å². The predicted molar refractivity (Wildman–Crippen MR) is 105 cm³/mol. The van der Waals surface area contributed by atoms with Crippen molar-refractivity contribution in [3.63, 3.8) is 0 Å². The molecule has 0 aliphatic rings. The van der Waals surface area contributed by atoms with E-state index in [-0.39, 0.29) is 11.6 Å². The van der Waals surface area contributed by atoms with Gasteiger partial charge in [0, 0.05) is 0 Å². The number of hydrogen-bond donors (Lipinski definition) is 0. The lowest BCUT2D eigenvalue weighted by atomic mass is 10.1. The highest BCUT2D eigenvalue weighted by Gasteiger charge is 1.93. The van der Waals surface area contributed by atoms with Gasteiger partial charge in [0.25, 0.3) is 0 Å². The van der Waals surface area contributed by atoms with E-state index < -0.39 is 0 Å². The van der Waals surface area contributed by atoms with Crippen molar-refractivity contribution in [3.8, 4) is 0 Å². The molecule has 0 aliphatic carbocycles. The lowest BCUT2D eigenvalue weighted by Gasteiger charge is -1.95. The minimum absolute atomic E-state index is 0.124. The first-order chi connectivity index (χ1) is 10.7. The van der Waals surface area contributed by atoms with E-state index in [9.17, 15) is 9.18 Å². The van der Waals surface area contributed by atoms with E-state index in [1.165, 1.54) is 32.8 Å². The maximum absolute atomic E-state index is 12.5. The van der Waals surface area contributed by atoms with Gasteiger partial charge in [-0.15, -0.1) is 0 Å². The van der Waals surface area contributed by atoms with Gasteiger partial charge in [0.2, 0.25) is 0 Å². The first-order valence-corrected chi connectivity index (χ1v) is 8.90. The number of Topliss-reactive ketones (excluding diaryl/α,β-unsaturated/α-hetero) is 1. The average Bonchev–Trinajstić information content (AvgIpc) is 2.47. The first kappa shape index (κ1) is 29.8. The number of carbonyl (C=O) groups excluding carboxylic acids is 1. The number of rotatable bonds is 2. The molecule has 0 unspecified atom stereocenters.